The van der Waals surface area contributed by atoms with E-state index in [9.17, 15) is 15.0 Å². The van der Waals surface area contributed by atoms with Crippen molar-refractivity contribution in [1.82, 2.24) is 0 Å². The third kappa shape index (κ3) is 3.30. The van der Waals surface area contributed by atoms with Crippen LogP contribution in [-0.4, -0.2) is 16.1 Å². The third-order valence-corrected chi connectivity index (χ3v) is 3.64. The molecule has 4 nitrogen and oxygen atoms in total. The summed E-state index contributed by atoms with van der Waals surface area (Å²) in [5.74, 6) is -0.439. The Morgan fingerprint density at radius 3 is 2.47 bits per heavy atom. The number of phenolic OH excluding ortho intramolecular Hbond substituents is 2. The number of rotatable bonds is 2. The molecular formula is C13H9ClINO3. The molecule has 0 heterocycles. The molecule has 0 aliphatic carbocycles. The molecule has 0 bridgehead atoms. The van der Waals surface area contributed by atoms with Crippen LogP contribution < -0.4 is 5.32 Å². The summed E-state index contributed by atoms with van der Waals surface area (Å²) in [5, 5.41) is 21.8. The molecule has 0 aromatic heterocycles. The third-order valence-electron chi connectivity index (χ3n) is 2.41. The molecule has 3 N–H and O–H groups in total. The lowest BCUT2D eigenvalue weighted by Crippen LogP contribution is -2.11. The number of halogens is 2. The summed E-state index contributed by atoms with van der Waals surface area (Å²) in [4.78, 5) is 11.9. The van der Waals surface area contributed by atoms with E-state index < -0.39 is 0 Å². The van der Waals surface area contributed by atoms with Gasteiger partial charge in [0.05, 0.1) is 8.59 Å². The van der Waals surface area contributed by atoms with Crippen molar-refractivity contribution in [2.75, 3.05) is 5.32 Å². The van der Waals surface area contributed by atoms with Crippen molar-refractivity contribution in [1.29, 1.82) is 0 Å². The van der Waals surface area contributed by atoms with Crippen LogP contribution in [0.4, 0.5) is 5.69 Å². The van der Waals surface area contributed by atoms with Crippen LogP contribution in [0.5, 0.6) is 11.5 Å². The number of benzene rings is 2. The van der Waals surface area contributed by atoms with E-state index in [1.807, 2.05) is 22.6 Å². The summed E-state index contributed by atoms with van der Waals surface area (Å²) in [7, 11) is 0. The number of aromatic hydroxyl groups is 2. The normalized spacial score (nSPS) is 10.2. The summed E-state index contributed by atoms with van der Waals surface area (Å²) < 4.78 is 0.665. The highest BCUT2D eigenvalue weighted by Crippen LogP contribution is 2.27. The van der Waals surface area contributed by atoms with Gasteiger partial charge in [0, 0.05) is 17.3 Å². The molecule has 2 aromatic rings. The second kappa shape index (κ2) is 5.66. The maximum Gasteiger partial charge on any atom is 0.255 e. The molecule has 2 aromatic carbocycles. The largest absolute Gasteiger partial charge is 0.507 e. The smallest absolute Gasteiger partial charge is 0.255 e. The van der Waals surface area contributed by atoms with Gasteiger partial charge in [0.25, 0.3) is 5.91 Å². The Kier molecular flexibility index (Phi) is 4.16. The van der Waals surface area contributed by atoms with E-state index in [4.69, 9.17) is 11.6 Å². The highest BCUT2D eigenvalue weighted by atomic mass is 127. The summed E-state index contributed by atoms with van der Waals surface area (Å²) in [6.07, 6.45) is 0. The molecule has 0 fully saturated rings. The standard InChI is InChI=1S/C13H9ClINO3/c14-9-3-2-8(6-11(9)17)16-13(19)7-1-4-10(15)12(18)5-7/h1-6,17-18H,(H,16,19). The van der Waals surface area contributed by atoms with Crippen molar-refractivity contribution in [3.05, 3.63) is 50.6 Å². The van der Waals surface area contributed by atoms with E-state index in [-0.39, 0.29) is 22.4 Å². The fourth-order valence-electron chi connectivity index (χ4n) is 1.45. The molecule has 0 saturated carbocycles. The second-order valence-electron chi connectivity index (χ2n) is 3.79. The lowest BCUT2D eigenvalue weighted by Gasteiger charge is -2.07. The van der Waals surface area contributed by atoms with Crippen LogP contribution in [0.25, 0.3) is 0 Å². The van der Waals surface area contributed by atoms with E-state index in [1.165, 1.54) is 18.2 Å². The van der Waals surface area contributed by atoms with Gasteiger partial charge in [-0.1, -0.05) is 11.6 Å². The molecule has 1 amide bonds. The maximum absolute atomic E-state index is 11.9. The highest BCUT2D eigenvalue weighted by Gasteiger charge is 2.09. The first-order valence-corrected chi connectivity index (χ1v) is 6.71. The minimum absolute atomic E-state index is 0.0483. The minimum atomic E-state index is -0.381. The van der Waals surface area contributed by atoms with Crippen molar-refractivity contribution in [2.45, 2.75) is 0 Å². The van der Waals surface area contributed by atoms with E-state index in [2.05, 4.69) is 5.32 Å². The summed E-state index contributed by atoms with van der Waals surface area (Å²) in [6, 6.07) is 9.04. The SMILES string of the molecule is O=C(Nc1ccc(Cl)c(O)c1)c1ccc(I)c(O)c1. The maximum atomic E-state index is 11.9. The summed E-state index contributed by atoms with van der Waals surface area (Å²) in [6.45, 7) is 0. The average Bonchev–Trinajstić information content (AvgIpc) is 2.37. The number of phenols is 2. The predicted molar refractivity (Wildman–Crippen MR) is 81.9 cm³/mol. The Hall–Kier alpha value is -1.47. The zero-order valence-corrected chi connectivity index (χ0v) is 12.4. The van der Waals surface area contributed by atoms with Crippen LogP contribution in [0.2, 0.25) is 5.02 Å². The van der Waals surface area contributed by atoms with Gasteiger partial charge in [-0.3, -0.25) is 4.79 Å². The first kappa shape index (κ1) is 14.0. The van der Waals surface area contributed by atoms with Gasteiger partial charge in [0.15, 0.2) is 0 Å². The van der Waals surface area contributed by atoms with Crippen molar-refractivity contribution in [3.63, 3.8) is 0 Å². The Morgan fingerprint density at radius 1 is 1.11 bits per heavy atom. The molecule has 2 rings (SSSR count). The van der Waals surface area contributed by atoms with Gasteiger partial charge in [-0.15, -0.1) is 0 Å². The fourth-order valence-corrected chi connectivity index (χ4v) is 1.90. The average molecular weight is 390 g/mol. The molecule has 0 saturated heterocycles. The fraction of sp³-hybridized carbons (Fsp3) is 0. The Balaban J connectivity index is 2.20. The van der Waals surface area contributed by atoms with Crippen LogP contribution in [0, 0.1) is 3.57 Å². The minimum Gasteiger partial charge on any atom is -0.507 e. The number of carbonyl (C=O) groups excluding carboxylic acids is 1. The monoisotopic (exact) mass is 389 g/mol. The summed E-state index contributed by atoms with van der Waals surface area (Å²) in [5.41, 5.74) is 0.747. The number of nitrogens with one attached hydrogen (secondary N) is 1. The molecule has 0 atom stereocenters. The van der Waals surface area contributed by atoms with E-state index in [0.29, 0.717) is 14.8 Å². The zero-order chi connectivity index (χ0) is 14.0. The van der Waals surface area contributed by atoms with Crippen LogP contribution >= 0.6 is 34.2 Å². The molecule has 0 radical (unpaired) electrons. The van der Waals surface area contributed by atoms with Gasteiger partial charge in [-0.2, -0.15) is 0 Å². The molecule has 6 heteroatoms. The molecule has 0 aliphatic rings. The number of amides is 1. The van der Waals surface area contributed by atoms with Crippen LogP contribution in [-0.2, 0) is 0 Å². The number of anilines is 1. The first-order chi connectivity index (χ1) is 8.97. The predicted octanol–water partition coefficient (Wildman–Crippen LogP) is 3.61. The Morgan fingerprint density at radius 2 is 1.84 bits per heavy atom. The number of hydrogen-bond acceptors (Lipinski definition) is 3. The van der Waals surface area contributed by atoms with Gasteiger partial charge < -0.3 is 15.5 Å². The van der Waals surface area contributed by atoms with Gasteiger partial charge in [-0.05, 0) is 52.9 Å². The van der Waals surface area contributed by atoms with Gasteiger partial charge in [0.1, 0.15) is 11.5 Å². The topological polar surface area (TPSA) is 69.6 Å². The quantitative estimate of drug-likeness (QED) is 0.687. The molecule has 19 heavy (non-hydrogen) atoms. The van der Waals surface area contributed by atoms with Crippen molar-refractivity contribution < 1.29 is 15.0 Å². The van der Waals surface area contributed by atoms with Crippen LogP contribution in [0.3, 0.4) is 0 Å². The van der Waals surface area contributed by atoms with Gasteiger partial charge >= 0.3 is 0 Å². The van der Waals surface area contributed by atoms with Crippen LogP contribution in [0.1, 0.15) is 10.4 Å². The molecule has 0 spiro atoms. The van der Waals surface area contributed by atoms with Crippen molar-refractivity contribution >= 4 is 45.8 Å². The van der Waals surface area contributed by atoms with Crippen LogP contribution in [0.15, 0.2) is 36.4 Å². The molecule has 0 unspecified atom stereocenters. The van der Waals surface area contributed by atoms with Gasteiger partial charge in [0.2, 0.25) is 0 Å². The second-order valence-corrected chi connectivity index (χ2v) is 5.36. The highest BCUT2D eigenvalue weighted by molar-refractivity contribution is 14.1. The van der Waals surface area contributed by atoms with E-state index in [0.717, 1.165) is 0 Å². The zero-order valence-electron chi connectivity index (χ0n) is 9.52. The van der Waals surface area contributed by atoms with E-state index >= 15 is 0 Å². The number of hydrogen-bond donors (Lipinski definition) is 3. The first-order valence-electron chi connectivity index (χ1n) is 5.26. The lowest BCUT2D eigenvalue weighted by atomic mass is 10.2. The van der Waals surface area contributed by atoms with Gasteiger partial charge in [-0.25, -0.2) is 0 Å². The Bertz CT molecular complexity index is 646. The van der Waals surface area contributed by atoms with Crippen molar-refractivity contribution in [2.24, 2.45) is 0 Å². The number of carbonyl (C=O) groups is 1. The lowest BCUT2D eigenvalue weighted by molar-refractivity contribution is 0.102. The van der Waals surface area contributed by atoms with E-state index in [1.54, 1.807) is 18.2 Å². The molecule has 0 aliphatic heterocycles. The summed E-state index contributed by atoms with van der Waals surface area (Å²) >= 11 is 7.64. The van der Waals surface area contributed by atoms with Crippen molar-refractivity contribution in [3.8, 4) is 11.5 Å². The molecular weight excluding hydrogens is 381 g/mol. The molecule has 98 valence electrons. The Labute approximate surface area is 128 Å².